The maximum Gasteiger partial charge on any atom is 0.193 e. The van der Waals surface area contributed by atoms with Gasteiger partial charge in [-0.3, -0.25) is 9.56 Å². The van der Waals surface area contributed by atoms with Gasteiger partial charge in [-0.05, 0) is 30.7 Å². The number of fused-ring (bicyclic) bond motifs is 1. The molecule has 1 saturated heterocycles. The number of aliphatic imine (C=N–C) groups is 1. The van der Waals surface area contributed by atoms with E-state index in [-0.39, 0.29) is 0 Å². The average molecular weight is 338 g/mol. The number of rotatable bonds is 3. The van der Waals surface area contributed by atoms with Crippen molar-refractivity contribution >= 4 is 5.96 Å². The molecule has 0 spiro atoms. The number of pyridine rings is 1. The first-order chi connectivity index (χ1) is 12.3. The van der Waals surface area contributed by atoms with Crippen LogP contribution in [0.1, 0.15) is 31.2 Å². The fourth-order valence-corrected chi connectivity index (χ4v) is 4.27. The summed E-state index contributed by atoms with van der Waals surface area (Å²) in [5.74, 6) is 3.63. The zero-order chi connectivity index (χ0) is 17.1. The van der Waals surface area contributed by atoms with E-state index in [1.807, 2.05) is 30.1 Å². The Bertz CT molecular complexity index is 709. The van der Waals surface area contributed by atoms with E-state index in [1.54, 1.807) is 12.5 Å². The zero-order valence-corrected chi connectivity index (χ0v) is 14.8. The van der Waals surface area contributed by atoms with E-state index >= 15 is 0 Å². The Hall–Kier alpha value is -2.37. The van der Waals surface area contributed by atoms with E-state index in [1.165, 1.54) is 25.7 Å². The largest absolute Gasteiger partial charge is 0.352 e. The molecule has 6 nitrogen and oxygen atoms in total. The fourth-order valence-electron chi connectivity index (χ4n) is 4.27. The van der Waals surface area contributed by atoms with Crippen LogP contribution in [0.25, 0.3) is 5.82 Å². The number of nitrogens with one attached hydrogen (secondary N) is 1. The first kappa shape index (κ1) is 16.1. The van der Waals surface area contributed by atoms with Crippen molar-refractivity contribution in [1.29, 1.82) is 0 Å². The third-order valence-corrected chi connectivity index (χ3v) is 5.54. The smallest absolute Gasteiger partial charge is 0.193 e. The van der Waals surface area contributed by atoms with Crippen LogP contribution < -0.4 is 5.32 Å². The van der Waals surface area contributed by atoms with Gasteiger partial charge in [0.15, 0.2) is 5.96 Å². The van der Waals surface area contributed by atoms with Gasteiger partial charge in [-0.2, -0.15) is 0 Å². The van der Waals surface area contributed by atoms with Crippen LogP contribution in [0.5, 0.6) is 0 Å². The van der Waals surface area contributed by atoms with E-state index in [0.29, 0.717) is 6.54 Å². The van der Waals surface area contributed by atoms with Crippen molar-refractivity contribution in [1.82, 2.24) is 24.8 Å². The first-order valence-electron chi connectivity index (χ1n) is 9.23. The monoisotopic (exact) mass is 338 g/mol. The summed E-state index contributed by atoms with van der Waals surface area (Å²) >= 11 is 0. The Morgan fingerprint density at radius 2 is 2.04 bits per heavy atom. The molecule has 6 heteroatoms. The van der Waals surface area contributed by atoms with Crippen molar-refractivity contribution in [3.63, 3.8) is 0 Å². The molecule has 0 bridgehead atoms. The zero-order valence-electron chi connectivity index (χ0n) is 14.8. The van der Waals surface area contributed by atoms with Crippen LogP contribution in [0.4, 0.5) is 0 Å². The summed E-state index contributed by atoms with van der Waals surface area (Å²) in [5.41, 5.74) is 1.14. The minimum atomic E-state index is 0.708. The first-order valence-corrected chi connectivity index (χ1v) is 9.23. The summed E-state index contributed by atoms with van der Waals surface area (Å²) in [6.45, 7) is 3.00. The lowest BCUT2D eigenvalue weighted by molar-refractivity contribution is 0.299. The van der Waals surface area contributed by atoms with Gasteiger partial charge in [-0.15, -0.1) is 0 Å². The van der Waals surface area contributed by atoms with Gasteiger partial charge in [0.2, 0.25) is 0 Å². The molecule has 0 aromatic carbocycles. The second-order valence-corrected chi connectivity index (χ2v) is 7.07. The minimum absolute atomic E-state index is 0.708. The number of likely N-dealkylation sites (tertiary alicyclic amines) is 1. The van der Waals surface area contributed by atoms with Crippen molar-refractivity contribution in [2.24, 2.45) is 16.8 Å². The Morgan fingerprint density at radius 3 is 2.72 bits per heavy atom. The van der Waals surface area contributed by atoms with Gasteiger partial charge in [0.1, 0.15) is 12.1 Å². The van der Waals surface area contributed by atoms with Gasteiger partial charge in [0, 0.05) is 50.8 Å². The molecule has 2 aromatic heterocycles. The number of imidazole rings is 1. The highest BCUT2D eigenvalue weighted by molar-refractivity contribution is 5.80. The number of hydrogen-bond acceptors (Lipinski definition) is 3. The Morgan fingerprint density at radius 1 is 1.24 bits per heavy atom. The van der Waals surface area contributed by atoms with Crippen LogP contribution in [0.2, 0.25) is 0 Å². The minimum Gasteiger partial charge on any atom is -0.352 e. The highest BCUT2D eigenvalue weighted by Gasteiger charge is 2.35. The molecule has 132 valence electrons. The van der Waals surface area contributed by atoms with E-state index in [9.17, 15) is 0 Å². The van der Waals surface area contributed by atoms with E-state index in [4.69, 9.17) is 0 Å². The molecule has 2 fully saturated rings. The van der Waals surface area contributed by atoms with Gasteiger partial charge in [0.25, 0.3) is 0 Å². The third kappa shape index (κ3) is 3.38. The lowest BCUT2D eigenvalue weighted by Gasteiger charge is -2.22. The van der Waals surface area contributed by atoms with E-state index < -0.39 is 0 Å². The Balaban J connectivity index is 1.44. The molecule has 1 saturated carbocycles. The van der Waals surface area contributed by atoms with Crippen LogP contribution >= 0.6 is 0 Å². The molecule has 0 amide bonds. The van der Waals surface area contributed by atoms with Crippen LogP contribution in [-0.4, -0.2) is 45.5 Å². The van der Waals surface area contributed by atoms with Gasteiger partial charge in [-0.1, -0.05) is 18.9 Å². The molecular formula is C19H26N6. The second kappa shape index (κ2) is 7.25. The molecule has 2 unspecified atom stereocenters. The lowest BCUT2D eigenvalue weighted by Crippen LogP contribution is -2.40. The molecule has 3 heterocycles. The quantitative estimate of drug-likeness (QED) is 0.690. The van der Waals surface area contributed by atoms with E-state index in [0.717, 1.165) is 42.3 Å². The molecule has 25 heavy (non-hydrogen) atoms. The van der Waals surface area contributed by atoms with Crippen LogP contribution in [-0.2, 0) is 6.54 Å². The molecule has 4 rings (SSSR count). The number of guanidine groups is 1. The standard InChI is InChI=1S/C19H26N6/c1-20-19(25-12-16-5-2-3-6-17(16)13-25)23-11-15-7-4-8-22-18(15)24-10-9-21-14-24/h4,7-10,14,16-17H,2-3,5-6,11-13H2,1H3,(H,20,23). The SMILES string of the molecule is CN=C(NCc1cccnc1-n1ccnc1)N1CC2CCCCC2C1. The van der Waals surface area contributed by atoms with E-state index in [2.05, 4.69) is 31.2 Å². The number of hydrogen-bond donors (Lipinski definition) is 1. The normalized spacial score (nSPS) is 23.6. The van der Waals surface area contributed by atoms with Gasteiger partial charge in [-0.25, -0.2) is 9.97 Å². The molecule has 2 aliphatic rings. The molecule has 1 aliphatic carbocycles. The second-order valence-electron chi connectivity index (χ2n) is 7.07. The van der Waals surface area contributed by atoms with Gasteiger partial charge >= 0.3 is 0 Å². The van der Waals surface area contributed by atoms with Crippen molar-refractivity contribution in [2.45, 2.75) is 32.2 Å². The van der Waals surface area contributed by atoms with Crippen molar-refractivity contribution in [3.8, 4) is 5.82 Å². The predicted octanol–water partition coefficient (Wildman–Crippen LogP) is 2.46. The summed E-state index contributed by atoms with van der Waals surface area (Å²) < 4.78 is 1.95. The van der Waals surface area contributed by atoms with Crippen molar-refractivity contribution in [2.75, 3.05) is 20.1 Å². The highest BCUT2D eigenvalue weighted by Crippen LogP contribution is 2.35. The predicted molar refractivity (Wildman–Crippen MR) is 98.6 cm³/mol. The molecule has 0 radical (unpaired) electrons. The molecule has 2 atom stereocenters. The maximum absolute atomic E-state index is 4.53. The topological polar surface area (TPSA) is 58.3 Å². The third-order valence-electron chi connectivity index (χ3n) is 5.54. The Kier molecular flexibility index (Phi) is 4.68. The summed E-state index contributed by atoms with van der Waals surface area (Å²) in [7, 11) is 1.88. The molecule has 2 aromatic rings. The average Bonchev–Trinajstić information content (AvgIpc) is 3.32. The highest BCUT2D eigenvalue weighted by atomic mass is 15.3. The number of aromatic nitrogens is 3. The van der Waals surface area contributed by atoms with Gasteiger partial charge in [0.05, 0.1) is 0 Å². The van der Waals surface area contributed by atoms with Crippen LogP contribution in [0, 0.1) is 11.8 Å². The lowest BCUT2D eigenvalue weighted by atomic mass is 9.82. The number of nitrogens with zero attached hydrogens (tertiary/aromatic N) is 5. The van der Waals surface area contributed by atoms with Crippen LogP contribution in [0.3, 0.4) is 0 Å². The summed E-state index contributed by atoms with van der Waals surface area (Å²) in [5, 5.41) is 3.54. The van der Waals surface area contributed by atoms with Gasteiger partial charge < -0.3 is 10.2 Å². The summed E-state index contributed by atoms with van der Waals surface area (Å²) in [4.78, 5) is 15.6. The van der Waals surface area contributed by atoms with Crippen molar-refractivity contribution < 1.29 is 0 Å². The van der Waals surface area contributed by atoms with Crippen LogP contribution in [0.15, 0.2) is 42.0 Å². The maximum atomic E-state index is 4.53. The Labute approximate surface area is 149 Å². The fraction of sp³-hybridized carbons (Fsp3) is 0.526. The molecule has 1 aliphatic heterocycles. The molecular weight excluding hydrogens is 312 g/mol. The van der Waals surface area contributed by atoms with Crippen molar-refractivity contribution in [3.05, 3.63) is 42.6 Å². The summed E-state index contributed by atoms with van der Waals surface area (Å²) in [6, 6.07) is 4.08. The molecule has 1 N–H and O–H groups in total. The summed E-state index contributed by atoms with van der Waals surface area (Å²) in [6.07, 6.45) is 12.8.